The van der Waals surface area contributed by atoms with Gasteiger partial charge in [0.2, 0.25) is 0 Å². The standard InChI is InChI=1S/C34H34N4O4/c35-22-24-1-3-25(4-2-24)23-37-13-11-29(12-14-37)36-34(40)33-21-28-19-26(5-10-32(28)42-33)20-31(39)27-6-8-30(9-7-27)38-15-17-41-18-16-38/h1-10,19,21,29H,11-18,20,23H2,(H,36,40). The van der Waals surface area contributed by atoms with Crippen LogP contribution in [0, 0.1) is 11.3 Å². The van der Waals surface area contributed by atoms with E-state index >= 15 is 0 Å². The second-order valence-electron chi connectivity index (χ2n) is 11.1. The Kier molecular flexibility index (Phi) is 8.31. The molecule has 0 aliphatic carbocycles. The van der Waals surface area contributed by atoms with Crippen molar-refractivity contribution in [3.63, 3.8) is 0 Å². The molecule has 8 nitrogen and oxygen atoms in total. The van der Waals surface area contributed by atoms with E-state index in [0.717, 1.165) is 75.4 Å². The smallest absolute Gasteiger partial charge is 0.287 e. The number of hydrogen-bond donors (Lipinski definition) is 1. The van der Waals surface area contributed by atoms with Gasteiger partial charge in [-0.25, -0.2) is 0 Å². The van der Waals surface area contributed by atoms with Gasteiger partial charge < -0.3 is 19.4 Å². The van der Waals surface area contributed by atoms with E-state index in [2.05, 4.69) is 21.2 Å². The van der Waals surface area contributed by atoms with Gasteiger partial charge in [-0.2, -0.15) is 5.26 Å². The molecular weight excluding hydrogens is 528 g/mol. The van der Waals surface area contributed by atoms with Crippen LogP contribution < -0.4 is 10.2 Å². The van der Waals surface area contributed by atoms with Crippen LogP contribution in [0.5, 0.6) is 0 Å². The highest BCUT2D eigenvalue weighted by Gasteiger charge is 2.23. The molecule has 2 saturated heterocycles. The van der Waals surface area contributed by atoms with Crippen molar-refractivity contribution in [1.29, 1.82) is 5.26 Å². The molecule has 0 spiro atoms. The number of anilines is 1. The number of ether oxygens (including phenoxy) is 1. The molecule has 0 bridgehead atoms. The van der Waals surface area contributed by atoms with E-state index in [4.69, 9.17) is 14.4 Å². The number of likely N-dealkylation sites (tertiary alicyclic amines) is 1. The molecule has 214 valence electrons. The largest absolute Gasteiger partial charge is 0.451 e. The number of piperidine rings is 1. The van der Waals surface area contributed by atoms with E-state index < -0.39 is 0 Å². The minimum atomic E-state index is -0.213. The van der Waals surface area contributed by atoms with Crippen molar-refractivity contribution in [3.8, 4) is 6.07 Å². The zero-order valence-corrected chi connectivity index (χ0v) is 23.6. The van der Waals surface area contributed by atoms with E-state index in [-0.39, 0.29) is 29.9 Å². The summed E-state index contributed by atoms with van der Waals surface area (Å²) in [6.07, 6.45) is 2.00. The van der Waals surface area contributed by atoms with Gasteiger partial charge in [-0.15, -0.1) is 0 Å². The first-order valence-corrected chi connectivity index (χ1v) is 14.5. The quantitative estimate of drug-likeness (QED) is 0.303. The van der Waals surface area contributed by atoms with Gasteiger partial charge in [0.15, 0.2) is 11.5 Å². The molecule has 2 fully saturated rings. The third-order valence-electron chi connectivity index (χ3n) is 8.15. The van der Waals surface area contributed by atoms with Crippen molar-refractivity contribution in [2.45, 2.75) is 31.8 Å². The number of ketones is 1. The first-order chi connectivity index (χ1) is 20.5. The molecule has 8 heteroatoms. The molecule has 1 N–H and O–H groups in total. The number of morpholine rings is 1. The Balaban J connectivity index is 1.01. The van der Waals surface area contributed by atoms with Crippen LogP contribution >= 0.6 is 0 Å². The fourth-order valence-electron chi connectivity index (χ4n) is 5.72. The number of furan rings is 1. The van der Waals surface area contributed by atoms with Crippen LogP contribution in [0.2, 0.25) is 0 Å². The van der Waals surface area contributed by atoms with Crippen LogP contribution in [0.1, 0.15) is 50.4 Å². The van der Waals surface area contributed by atoms with Crippen molar-refractivity contribution in [2.75, 3.05) is 44.3 Å². The first-order valence-electron chi connectivity index (χ1n) is 14.5. The highest BCUT2D eigenvalue weighted by Crippen LogP contribution is 2.23. The maximum absolute atomic E-state index is 13.0. The summed E-state index contributed by atoms with van der Waals surface area (Å²) in [5.74, 6) is 0.122. The topological polar surface area (TPSA) is 98.8 Å². The average molecular weight is 563 g/mol. The van der Waals surface area contributed by atoms with Crippen LogP contribution in [0.15, 0.2) is 77.2 Å². The predicted octanol–water partition coefficient (Wildman–Crippen LogP) is 4.96. The Labute approximate surface area is 245 Å². The van der Waals surface area contributed by atoms with E-state index in [1.165, 1.54) is 5.56 Å². The third kappa shape index (κ3) is 6.54. The molecule has 1 amide bonds. The number of nitrogens with one attached hydrogen (secondary N) is 1. The normalized spacial score (nSPS) is 16.3. The second-order valence-corrected chi connectivity index (χ2v) is 11.1. The third-order valence-corrected chi connectivity index (χ3v) is 8.15. The summed E-state index contributed by atoms with van der Waals surface area (Å²) in [6.45, 7) is 5.78. The van der Waals surface area contributed by atoms with Crippen molar-refractivity contribution < 1.29 is 18.7 Å². The van der Waals surface area contributed by atoms with E-state index in [1.54, 1.807) is 6.07 Å². The lowest BCUT2D eigenvalue weighted by molar-refractivity contribution is 0.0882. The molecule has 0 atom stereocenters. The summed E-state index contributed by atoms with van der Waals surface area (Å²) in [5.41, 5.74) is 5.15. The number of Topliss-reactive ketones (excluding diaryl/α,β-unsaturated/α-hetero) is 1. The summed E-state index contributed by atoms with van der Waals surface area (Å²) < 4.78 is 11.3. The first kappa shape index (κ1) is 27.7. The maximum atomic E-state index is 13.0. The molecule has 0 unspecified atom stereocenters. The molecule has 4 aromatic rings. The van der Waals surface area contributed by atoms with Crippen molar-refractivity contribution in [3.05, 3.63) is 101 Å². The molecule has 42 heavy (non-hydrogen) atoms. The number of hydrogen-bond acceptors (Lipinski definition) is 7. The molecule has 2 aliphatic rings. The van der Waals surface area contributed by atoms with E-state index in [9.17, 15) is 9.59 Å². The summed E-state index contributed by atoms with van der Waals surface area (Å²) in [4.78, 5) is 30.6. The second kappa shape index (κ2) is 12.6. The fraction of sp³-hybridized carbons (Fsp3) is 0.324. The van der Waals surface area contributed by atoms with Crippen LogP contribution in [-0.4, -0.2) is 62.0 Å². The Bertz CT molecular complexity index is 1590. The molecule has 0 radical (unpaired) electrons. The molecule has 2 aliphatic heterocycles. The Morgan fingerprint density at radius 2 is 1.60 bits per heavy atom. The van der Waals surface area contributed by atoms with Crippen LogP contribution in [0.4, 0.5) is 5.69 Å². The van der Waals surface area contributed by atoms with E-state index in [1.807, 2.05) is 66.7 Å². The number of carbonyl (C=O) groups excluding carboxylic acids is 2. The molecular formula is C34H34N4O4. The van der Waals surface area contributed by atoms with Gasteiger partial charge in [0.25, 0.3) is 5.91 Å². The van der Waals surface area contributed by atoms with Crippen LogP contribution in [-0.2, 0) is 17.7 Å². The highest BCUT2D eigenvalue weighted by molar-refractivity contribution is 5.99. The number of rotatable bonds is 8. The molecule has 6 rings (SSSR count). The van der Waals surface area contributed by atoms with Crippen molar-refractivity contribution in [2.24, 2.45) is 0 Å². The Morgan fingerprint density at radius 3 is 2.31 bits per heavy atom. The summed E-state index contributed by atoms with van der Waals surface area (Å²) >= 11 is 0. The maximum Gasteiger partial charge on any atom is 0.287 e. The molecule has 3 heterocycles. The summed E-state index contributed by atoms with van der Waals surface area (Å²) in [7, 11) is 0. The number of fused-ring (bicyclic) bond motifs is 1. The van der Waals surface area contributed by atoms with Gasteiger partial charge in [-0.05, 0) is 78.6 Å². The summed E-state index contributed by atoms with van der Waals surface area (Å²) in [5, 5.41) is 12.9. The SMILES string of the molecule is N#Cc1ccc(CN2CCC(NC(=O)c3cc4cc(CC(=O)c5ccc(N6CCOCC6)cc5)ccc4o3)CC2)cc1. The number of carbonyl (C=O) groups is 2. The Morgan fingerprint density at radius 1 is 0.881 bits per heavy atom. The van der Waals surface area contributed by atoms with Crippen molar-refractivity contribution in [1.82, 2.24) is 10.2 Å². The number of nitriles is 1. The monoisotopic (exact) mass is 562 g/mol. The van der Waals surface area contributed by atoms with Gasteiger partial charge >= 0.3 is 0 Å². The van der Waals surface area contributed by atoms with Gasteiger partial charge in [0, 0.05) is 61.8 Å². The lowest BCUT2D eigenvalue weighted by atomic mass is 10.0. The minimum Gasteiger partial charge on any atom is -0.451 e. The zero-order valence-electron chi connectivity index (χ0n) is 23.6. The lowest BCUT2D eigenvalue weighted by Crippen LogP contribution is -2.44. The number of benzene rings is 3. The molecule has 3 aromatic carbocycles. The van der Waals surface area contributed by atoms with Crippen LogP contribution in [0.3, 0.4) is 0 Å². The zero-order chi connectivity index (χ0) is 28.9. The van der Waals surface area contributed by atoms with E-state index in [0.29, 0.717) is 16.7 Å². The Hall–Kier alpha value is -4.45. The average Bonchev–Trinajstić information content (AvgIpc) is 3.47. The van der Waals surface area contributed by atoms with Crippen LogP contribution in [0.25, 0.3) is 11.0 Å². The summed E-state index contributed by atoms with van der Waals surface area (Å²) in [6, 6.07) is 25.1. The highest BCUT2D eigenvalue weighted by atomic mass is 16.5. The molecule has 0 saturated carbocycles. The van der Waals surface area contributed by atoms with Crippen molar-refractivity contribution >= 4 is 28.3 Å². The fourth-order valence-corrected chi connectivity index (χ4v) is 5.72. The lowest BCUT2D eigenvalue weighted by Gasteiger charge is -2.32. The number of amides is 1. The number of nitrogens with zero attached hydrogens (tertiary/aromatic N) is 3. The minimum absolute atomic E-state index is 0.0508. The predicted molar refractivity (Wildman–Crippen MR) is 161 cm³/mol. The molecule has 1 aromatic heterocycles. The van der Waals surface area contributed by atoms with Gasteiger partial charge in [-0.1, -0.05) is 18.2 Å². The van der Waals surface area contributed by atoms with Gasteiger partial charge in [0.05, 0.1) is 24.8 Å². The van der Waals surface area contributed by atoms with Gasteiger partial charge in [0.1, 0.15) is 5.58 Å². The van der Waals surface area contributed by atoms with Gasteiger partial charge in [-0.3, -0.25) is 14.5 Å².